The standard InChI is InChI=1S/C13H25NOS/c1-2-14-11-6-5-9-13(10-11)16(15)12-7-3-4-8-12/h11-14H,2-10H2,1H3. The first-order valence-electron chi connectivity index (χ1n) is 6.94. The quantitative estimate of drug-likeness (QED) is 0.822. The van der Waals surface area contributed by atoms with Gasteiger partial charge in [0, 0.05) is 27.3 Å². The summed E-state index contributed by atoms with van der Waals surface area (Å²) < 4.78 is 12.4. The summed E-state index contributed by atoms with van der Waals surface area (Å²) in [4.78, 5) is 0. The second-order valence-electron chi connectivity index (χ2n) is 5.28. The molecule has 94 valence electrons. The van der Waals surface area contributed by atoms with Crippen LogP contribution in [0.3, 0.4) is 0 Å². The molecule has 0 aromatic rings. The second kappa shape index (κ2) is 6.15. The highest BCUT2D eigenvalue weighted by molar-refractivity contribution is 7.86. The normalized spacial score (nSPS) is 34.1. The highest BCUT2D eigenvalue weighted by Crippen LogP contribution is 2.30. The molecule has 1 N–H and O–H groups in total. The first kappa shape index (κ1) is 12.6. The lowest BCUT2D eigenvalue weighted by atomic mass is 9.95. The van der Waals surface area contributed by atoms with Crippen LogP contribution < -0.4 is 5.32 Å². The third-order valence-corrected chi connectivity index (χ3v) is 6.29. The van der Waals surface area contributed by atoms with E-state index in [1.165, 1.54) is 44.9 Å². The summed E-state index contributed by atoms with van der Waals surface area (Å²) in [6.07, 6.45) is 9.94. The van der Waals surface area contributed by atoms with E-state index in [9.17, 15) is 4.21 Å². The maximum absolute atomic E-state index is 12.4. The monoisotopic (exact) mass is 243 g/mol. The van der Waals surface area contributed by atoms with Gasteiger partial charge in [-0.2, -0.15) is 0 Å². The fourth-order valence-electron chi connectivity index (χ4n) is 3.22. The van der Waals surface area contributed by atoms with E-state index in [1.54, 1.807) is 0 Å². The van der Waals surface area contributed by atoms with E-state index in [4.69, 9.17) is 0 Å². The number of rotatable bonds is 4. The lowest BCUT2D eigenvalue weighted by molar-refractivity contribution is 0.382. The van der Waals surface area contributed by atoms with E-state index in [2.05, 4.69) is 12.2 Å². The Morgan fingerprint density at radius 3 is 2.44 bits per heavy atom. The zero-order valence-electron chi connectivity index (χ0n) is 10.4. The molecule has 0 radical (unpaired) electrons. The molecule has 2 fully saturated rings. The summed E-state index contributed by atoms with van der Waals surface area (Å²) >= 11 is 0. The minimum Gasteiger partial charge on any atom is -0.314 e. The number of hydrogen-bond acceptors (Lipinski definition) is 2. The van der Waals surface area contributed by atoms with E-state index in [-0.39, 0.29) is 0 Å². The van der Waals surface area contributed by atoms with Gasteiger partial charge in [0.25, 0.3) is 0 Å². The van der Waals surface area contributed by atoms with Crippen LogP contribution in [0.2, 0.25) is 0 Å². The molecule has 2 aliphatic rings. The molecule has 16 heavy (non-hydrogen) atoms. The van der Waals surface area contributed by atoms with Crippen molar-refractivity contribution in [3.05, 3.63) is 0 Å². The fraction of sp³-hybridized carbons (Fsp3) is 1.00. The average molecular weight is 243 g/mol. The van der Waals surface area contributed by atoms with Gasteiger partial charge in [0.05, 0.1) is 0 Å². The Labute approximate surface area is 102 Å². The maximum atomic E-state index is 12.4. The molecule has 2 nitrogen and oxygen atoms in total. The first-order valence-corrected chi connectivity index (χ1v) is 8.21. The van der Waals surface area contributed by atoms with Crippen molar-refractivity contribution in [1.29, 1.82) is 0 Å². The van der Waals surface area contributed by atoms with Gasteiger partial charge in [-0.05, 0) is 38.6 Å². The Morgan fingerprint density at radius 2 is 1.75 bits per heavy atom. The molecule has 0 spiro atoms. The number of hydrogen-bond donors (Lipinski definition) is 1. The lowest BCUT2D eigenvalue weighted by Crippen LogP contribution is -2.39. The topological polar surface area (TPSA) is 29.1 Å². The van der Waals surface area contributed by atoms with Crippen molar-refractivity contribution >= 4 is 10.8 Å². The molecule has 0 amide bonds. The average Bonchev–Trinajstić information content (AvgIpc) is 2.82. The van der Waals surface area contributed by atoms with Gasteiger partial charge in [-0.1, -0.05) is 26.2 Å². The molecule has 3 atom stereocenters. The SMILES string of the molecule is CCNC1CCCC(S(=O)C2CCCC2)C1. The molecule has 3 heteroatoms. The second-order valence-corrected chi connectivity index (χ2v) is 7.27. The van der Waals surface area contributed by atoms with Crippen LogP contribution in [-0.2, 0) is 10.8 Å². The van der Waals surface area contributed by atoms with Crippen LogP contribution in [0.5, 0.6) is 0 Å². The van der Waals surface area contributed by atoms with Crippen LogP contribution in [0.25, 0.3) is 0 Å². The van der Waals surface area contributed by atoms with Crippen LogP contribution in [0.15, 0.2) is 0 Å². The molecule has 2 aliphatic carbocycles. The van der Waals surface area contributed by atoms with Crippen LogP contribution in [0, 0.1) is 0 Å². The van der Waals surface area contributed by atoms with E-state index < -0.39 is 10.8 Å². The largest absolute Gasteiger partial charge is 0.314 e. The first-order chi connectivity index (χ1) is 7.81. The van der Waals surface area contributed by atoms with Gasteiger partial charge in [0.2, 0.25) is 0 Å². The molecule has 3 unspecified atom stereocenters. The zero-order chi connectivity index (χ0) is 11.4. The Morgan fingerprint density at radius 1 is 1.06 bits per heavy atom. The summed E-state index contributed by atoms with van der Waals surface area (Å²) in [5.41, 5.74) is 0. The predicted octanol–water partition coefficient (Wildman–Crippen LogP) is 2.60. The zero-order valence-corrected chi connectivity index (χ0v) is 11.2. The Balaban J connectivity index is 1.85. The Hall–Kier alpha value is 0.110. The van der Waals surface area contributed by atoms with Crippen molar-refractivity contribution in [2.45, 2.75) is 74.8 Å². The van der Waals surface area contributed by atoms with Crippen molar-refractivity contribution in [1.82, 2.24) is 5.32 Å². The van der Waals surface area contributed by atoms with Gasteiger partial charge in [-0.3, -0.25) is 4.21 Å². The molecule has 0 aliphatic heterocycles. The van der Waals surface area contributed by atoms with Gasteiger partial charge < -0.3 is 5.32 Å². The van der Waals surface area contributed by atoms with E-state index >= 15 is 0 Å². The minimum absolute atomic E-state index is 0.487. The van der Waals surface area contributed by atoms with Crippen molar-refractivity contribution in [2.75, 3.05) is 6.54 Å². The molecule has 0 aromatic carbocycles. The molecule has 0 saturated heterocycles. The molecule has 0 heterocycles. The lowest BCUT2D eigenvalue weighted by Gasteiger charge is -2.30. The maximum Gasteiger partial charge on any atom is 0.0365 e. The predicted molar refractivity (Wildman–Crippen MR) is 70.1 cm³/mol. The fourth-order valence-corrected chi connectivity index (χ4v) is 5.39. The van der Waals surface area contributed by atoms with Crippen LogP contribution in [-0.4, -0.2) is 27.3 Å². The van der Waals surface area contributed by atoms with Crippen LogP contribution in [0.4, 0.5) is 0 Å². The van der Waals surface area contributed by atoms with E-state index in [0.717, 1.165) is 13.0 Å². The van der Waals surface area contributed by atoms with E-state index in [1.807, 2.05) is 0 Å². The molecular formula is C13H25NOS. The molecule has 2 saturated carbocycles. The molecule has 2 rings (SSSR count). The van der Waals surface area contributed by atoms with E-state index in [0.29, 0.717) is 16.5 Å². The summed E-state index contributed by atoms with van der Waals surface area (Å²) in [7, 11) is -0.546. The van der Waals surface area contributed by atoms with Gasteiger partial charge in [-0.25, -0.2) is 0 Å². The summed E-state index contributed by atoms with van der Waals surface area (Å²) in [5.74, 6) is 0. The molecular weight excluding hydrogens is 218 g/mol. The van der Waals surface area contributed by atoms with Crippen molar-refractivity contribution in [3.8, 4) is 0 Å². The Bertz CT molecular complexity index is 236. The smallest absolute Gasteiger partial charge is 0.0365 e. The van der Waals surface area contributed by atoms with Gasteiger partial charge in [-0.15, -0.1) is 0 Å². The van der Waals surface area contributed by atoms with Gasteiger partial charge in [0.1, 0.15) is 0 Å². The highest BCUT2D eigenvalue weighted by Gasteiger charge is 2.31. The van der Waals surface area contributed by atoms with Crippen LogP contribution >= 0.6 is 0 Å². The molecule has 0 aromatic heterocycles. The summed E-state index contributed by atoms with van der Waals surface area (Å²) in [6, 6.07) is 0.633. The van der Waals surface area contributed by atoms with Gasteiger partial charge in [0.15, 0.2) is 0 Å². The third kappa shape index (κ3) is 3.07. The molecule has 0 bridgehead atoms. The highest BCUT2D eigenvalue weighted by atomic mass is 32.2. The number of nitrogens with one attached hydrogen (secondary N) is 1. The summed E-state index contributed by atoms with van der Waals surface area (Å²) in [5, 5.41) is 4.55. The Kier molecular flexibility index (Phi) is 4.83. The van der Waals surface area contributed by atoms with Crippen molar-refractivity contribution < 1.29 is 4.21 Å². The summed E-state index contributed by atoms with van der Waals surface area (Å²) in [6.45, 7) is 3.21. The minimum atomic E-state index is -0.546. The van der Waals surface area contributed by atoms with Gasteiger partial charge >= 0.3 is 0 Å². The van der Waals surface area contributed by atoms with Crippen molar-refractivity contribution in [2.24, 2.45) is 0 Å². The van der Waals surface area contributed by atoms with Crippen LogP contribution in [0.1, 0.15) is 58.3 Å². The third-order valence-electron chi connectivity index (χ3n) is 4.08. The van der Waals surface area contributed by atoms with Crippen molar-refractivity contribution in [3.63, 3.8) is 0 Å².